The van der Waals surface area contributed by atoms with Gasteiger partial charge in [0.15, 0.2) is 4.80 Å². The standard InChI is InChI=1S/C21H20N2O2S3/c1-4-12-23-18-10-9-17(26-3)14-19(18)28-21(23)22-20(24)11-13-27-16-7-5-15(25-2)6-8-16/h1,5-10,14H,11-13H2,2-3H3. The number of hydrogen-bond donors (Lipinski definition) is 0. The summed E-state index contributed by atoms with van der Waals surface area (Å²) in [4.78, 5) is 19.7. The maximum atomic E-state index is 12.4. The first-order chi connectivity index (χ1) is 13.6. The maximum Gasteiger partial charge on any atom is 0.249 e. The molecule has 0 saturated carbocycles. The third-order valence-electron chi connectivity index (χ3n) is 4.00. The number of fused-ring (bicyclic) bond motifs is 1. The smallest absolute Gasteiger partial charge is 0.249 e. The quantitative estimate of drug-likeness (QED) is 0.405. The van der Waals surface area contributed by atoms with Gasteiger partial charge >= 0.3 is 0 Å². The van der Waals surface area contributed by atoms with Gasteiger partial charge in [-0.3, -0.25) is 4.79 Å². The normalized spacial score (nSPS) is 11.5. The molecule has 1 amide bonds. The van der Waals surface area contributed by atoms with Crippen LogP contribution in [0, 0.1) is 12.3 Å². The van der Waals surface area contributed by atoms with Crippen LogP contribution in [0.4, 0.5) is 0 Å². The maximum absolute atomic E-state index is 12.4. The molecule has 0 aliphatic heterocycles. The van der Waals surface area contributed by atoms with Crippen LogP contribution in [0.15, 0.2) is 57.2 Å². The minimum absolute atomic E-state index is 0.136. The second kappa shape index (κ2) is 9.87. The molecule has 4 nitrogen and oxygen atoms in total. The Balaban J connectivity index is 1.73. The van der Waals surface area contributed by atoms with Crippen molar-refractivity contribution in [2.75, 3.05) is 19.1 Å². The summed E-state index contributed by atoms with van der Waals surface area (Å²) in [6.07, 6.45) is 7.94. The highest BCUT2D eigenvalue weighted by molar-refractivity contribution is 7.99. The van der Waals surface area contributed by atoms with Crippen LogP contribution < -0.4 is 9.54 Å². The van der Waals surface area contributed by atoms with E-state index in [2.05, 4.69) is 23.0 Å². The Morgan fingerprint density at radius 2 is 2.00 bits per heavy atom. The SMILES string of the molecule is C#CCn1c(=NC(=O)CCSc2ccc(OC)cc2)sc2cc(SC)ccc21. The molecule has 0 aliphatic rings. The summed E-state index contributed by atoms with van der Waals surface area (Å²) in [5.41, 5.74) is 1.01. The van der Waals surface area contributed by atoms with Crippen LogP contribution in [-0.2, 0) is 11.3 Å². The van der Waals surface area contributed by atoms with Crippen LogP contribution in [-0.4, -0.2) is 29.6 Å². The molecule has 0 spiro atoms. The molecule has 1 heterocycles. The number of methoxy groups -OCH3 is 1. The van der Waals surface area contributed by atoms with Gasteiger partial charge in [-0.15, -0.1) is 29.9 Å². The van der Waals surface area contributed by atoms with Gasteiger partial charge in [0.05, 0.1) is 23.9 Å². The average molecular weight is 429 g/mol. The fourth-order valence-electron chi connectivity index (χ4n) is 2.60. The van der Waals surface area contributed by atoms with E-state index in [1.807, 2.05) is 41.2 Å². The number of ether oxygens (including phenoxy) is 1. The second-order valence-electron chi connectivity index (χ2n) is 5.79. The van der Waals surface area contributed by atoms with E-state index in [4.69, 9.17) is 11.2 Å². The highest BCUT2D eigenvalue weighted by Gasteiger charge is 2.08. The van der Waals surface area contributed by atoms with Gasteiger partial charge in [0.2, 0.25) is 5.91 Å². The fraction of sp³-hybridized carbons (Fsp3) is 0.238. The number of carbonyl (C=O) groups excluding carboxylic acids is 1. The molecule has 0 atom stereocenters. The molecule has 0 saturated heterocycles. The summed E-state index contributed by atoms with van der Waals surface area (Å²) in [6, 6.07) is 14.0. The van der Waals surface area contributed by atoms with Crippen molar-refractivity contribution >= 4 is 51.0 Å². The van der Waals surface area contributed by atoms with Crippen molar-refractivity contribution in [2.24, 2.45) is 4.99 Å². The zero-order valence-corrected chi connectivity index (χ0v) is 18.1. The van der Waals surface area contributed by atoms with E-state index in [1.54, 1.807) is 30.6 Å². The number of terminal acetylenes is 1. The zero-order valence-electron chi connectivity index (χ0n) is 15.7. The number of benzene rings is 2. The van der Waals surface area contributed by atoms with Gasteiger partial charge in [0.1, 0.15) is 5.75 Å². The lowest BCUT2D eigenvalue weighted by molar-refractivity contribution is -0.117. The van der Waals surface area contributed by atoms with E-state index in [0.717, 1.165) is 20.9 Å². The van der Waals surface area contributed by atoms with Gasteiger partial charge in [-0.25, -0.2) is 0 Å². The first-order valence-corrected chi connectivity index (χ1v) is 11.6. The van der Waals surface area contributed by atoms with Crippen molar-refractivity contribution < 1.29 is 9.53 Å². The van der Waals surface area contributed by atoms with E-state index >= 15 is 0 Å². The van der Waals surface area contributed by atoms with Crippen LogP contribution in [0.3, 0.4) is 0 Å². The highest BCUT2D eigenvalue weighted by atomic mass is 32.2. The lowest BCUT2D eigenvalue weighted by Crippen LogP contribution is -2.16. The Hall–Kier alpha value is -2.14. The molecule has 0 radical (unpaired) electrons. The van der Waals surface area contributed by atoms with Gasteiger partial charge in [-0.1, -0.05) is 17.3 Å². The minimum Gasteiger partial charge on any atom is -0.497 e. The lowest BCUT2D eigenvalue weighted by Gasteiger charge is -2.02. The van der Waals surface area contributed by atoms with Crippen molar-refractivity contribution in [1.82, 2.24) is 4.57 Å². The monoisotopic (exact) mass is 428 g/mol. The molecule has 0 fully saturated rings. The lowest BCUT2D eigenvalue weighted by atomic mass is 10.3. The van der Waals surface area contributed by atoms with Crippen LogP contribution in [0.2, 0.25) is 0 Å². The first-order valence-electron chi connectivity index (χ1n) is 8.60. The number of rotatable bonds is 7. The van der Waals surface area contributed by atoms with Gasteiger partial charge in [0.25, 0.3) is 0 Å². The Labute approximate surface area is 177 Å². The molecule has 3 aromatic rings. The zero-order chi connectivity index (χ0) is 19.9. The molecular formula is C21H20N2O2S3. The van der Waals surface area contributed by atoms with Crippen LogP contribution in [0.5, 0.6) is 5.75 Å². The predicted octanol–water partition coefficient (Wildman–Crippen LogP) is 4.68. The molecule has 144 valence electrons. The molecular weight excluding hydrogens is 408 g/mol. The van der Waals surface area contributed by atoms with Crippen molar-refractivity contribution in [1.29, 1.82) is 0 Å². The number of aromatic nitrogens is 1. The summed E-state index contributed by atoms with van der Waals surface area (Å²) >= 11 is 4.82. The summed E-state index contributed by atoms with van der Waals surface area (Å²) in [5.74, 6) is 4.02. The molecule has 0 bridgehead atoms. The average Bonchev–Trinajstić information content (AvgIpc) is 3.05. The molecule has 3 rings (SSSR count). The Morgan fingerprint density at radius 1 is 1.25 bits per heavy atom. The molecule has 2 aromatic carbocycles. The number of carbonyl (C=O) groups is 1. The van der Waals surface area contributed by atoms with Crippen molar-refractivity contribution in [3.63, 3.8) is 0 Å². The molecule has 0 N–H and O–H groups in total. The van der Waals surface area contributed by atoms with E-state index < -0.39 is 0 Å². The summed E-state index contributed by atoms with van der Waals surface area (Å²) < 4.78 is 8.17. The summed E-state index contributed by atoms with van der Waals surface area (Å²) in [7, 11) is 1.64. The minimum atomic E-state index is -0.136. The fourth-order valence-corrected chi connectivity index (χ4v) is 5.04. The highest BCUT2D eigenvalue weighted by Crippen LogP contribution is 2.24. The Morgan fingerprint density at radius 3 is 2.68 bits per heavy atom. The Bertz CT molecular complexity index is 1080. The van der Waals surface area contributed by atoms with E-state index in [1.165, 1.54) is 16.2 Å². The molecule has 28 heavy (non-hydrogen) atoms. The van der Waals surface area contributed by atoms with Crippen molar-refractivity contribution in [3.05, 3.63) is 47.3 Å². The number of thiazole rings is 1. The molecule has 7 heteroatoms. The first kappa shape index (κ1) is 20.6. The second-order valence-corrected chi connectivity index (χ2v) is 8.85. The molecule has 1 aromatic heterocycles. The summed E-state index contributed by atoms with van der Waals surface area (Å²) in [5, 5.41) is 0. The van der Waals surface area contributed by atoms with Gasteiger partial charge in [0, 0.05) is 22.0 Å². The Kier molecular flexibility index (Phi) is 7.26. The van der Waals surface area contributed by atoms with Gasteiger partial charge < -0.3 is 9.30 Å². The summed E-state index contributed by atoms with van der Waals surface area (Å²) in [6.45, 7) is 0.394. The third-order valence-corrected chi connectivity index (χ3v) is 6.78. The third kappa shape index (κ3) is 5.02. The number of thioether (sulfide) groups is 2. The van der Waals surface area contributed by atoms with E-state index in [-0.39, 0.29) is 5.91 Å². The number of nitrogens with zero attached hydrogens (tertiary/aromatic N) is 2. The van der Waals surface area contributed by atoms with Gasteiger partial charge in [-0.2, -0.15) is 4.99 Å². The number of hydrogen-bond acceptors (Lipinski definition) is 5. The largest absolute Gasteiger partial charge is 0.497 e. The van der Waals surface area contributed by atoms with Crippen LogP contribution in [0.25, 0.3) is 10.2 Å². The van der Waals surface area contributed by atoms with E-state index in [0.29, 0.717) is 23.5 Å². The van der Waals surface area contributed by atoms with E-state index in [9.17, 15) is 4.79 Å². The van der Waals surface area contributed by atoms with Crippen molar-refractivity contribution in [2.45, 2.75) is 22.8 Å². The van der Waals surface area contributed by atoms with Crippen LogP contribution >= 0.6 is 34.9 Å². The topological polar surface area (TPSA) is 43.6 Å². The predicted molar refractivity (Wildman–Crippen MR) is 119 cm³/mol. The van der Waals surface area contributed by atoms with Crippen molar-refractivity contribution in [3.8, 4) is 18.1 Å². The van der Waals surface area contributed by atoms with Crippen LogP contribution in [0.1, 0.15) is 6.42 Å². The number of amides is 1. The van der Waals surface area contributed by atoms with Gasteiger partial charge in [-0.05, 0) is 48.7 Å². The molecule has 0 aliphatic carbocycles. The molecule has 0 unspecified atom stereocenters.